The highest BCUT2D eigenvalue weighted by Crippen LogP contribution is 2.38. The van der Waals surface area contributed by atoms with Crippen molar-refractivity contribution in [1.29, 1.82) is 0 Å². The second-order valence-corrected chi connectivity index (χ2v) is 6.53. The molecule has 4 heteroatoms. The van der Waals surface area contributed by atoms with E-state index in [1.54, 1.807) is 14.2 Å². The lowest BCUT2D eigenvalue weighted by Gasteiger charge is -2.28. The third kappa shape index (κ3) is 3.62. The smallest absolute Gasteiger partial charge is 0.161 e. The monoisotopic (exact) mass is 361 g/mol. The van der Waals surface area contributed by atoms with Crippen molar-refractivity contribution in [3.63, 3.8) is 0 Å². The average molecular weight is 361 g/mol. The highest BCUT2D eigenvalue weighted by molar-refractivity contribution is 5.52. The molecule has 4 rings (SSSR count). The molecule has 4 nitrogen and oxygen atoms in total. The number of fused-ring (bicyclic) bond motifs is 1. The predicted molar refractivity (Wildman–Crippen MR) is 106 cm³/mol. The van der Waals surface area contributed by atoms with E-state index in [-0.39, 0.29) is 6.04 Å². The Morgan fingerprint density at radius 3 is 2.33 bits per heavy atom. The first-order valence-corrected chi connectivity index (χ1v) is 9.09. The fraction of sp³-hybridized carbons (Fsp3) is 0.217. The summed E-state index contributed by atoms with van der Waals surface area (Å²) in [5.41, 5.74) is 3.66. The third-order valence-corrected chi connectivity index (χ3v) is 4.87. The molecule has 0 spiro atoms. The van der Waals surface area contributed by atoms with Crippen LogP contribution in [0.25, 0.3) is 0 Å². The van der Waals surface area contributed by atoms with E-state index in [1.165, 1.54) is 11.1 Å². The van der Waals surface area contributed by atoms with Gasteiger partial charge in [-0.1, -0.05) is 30.3 Å². The molecular weight excluding hydrogens is 338 g/mol. The van der Waals surface area contributed by atoms with Crippen molar-refractivity contribution in [3.05, 3.63) is 83.4 Å². The fourth-order valence-corrected chi connectivity index (χ4v) is 3.56. The fourth-order valence-electron chi connectivity index (χ4n) is 3.56. The summed E-state index contributed by atoms with van der Waals surface area (Å²) in [6.07, 6.45) is 0.965. The van der Waals surface area contributed by atoms with E-state index in [4.69, 9.17) is 14.2 Å². The molecule has 3 aromatic carbocycles. The molecule has 1 heterocycles. The van der Waals surface area contributed by atoms with Crippen molar-refractivity contribution < 1.29 is 14.2 Å². The Bertz CT molecular complexity index is 924. The Labute approximate surface area is 159 Å². The van der Waals surface area contributed by atoms with Crippen molar-refractivity contribution in [1.82, 2.24) is 5.32 Å². The standard InChI is InChI=1S/C23H23NO3/c1-25-21-14-16-11-12-24-23(20(16)15-22(21)26-2)17-7-6-10-19(13-17)27-18-8-4-3-5-9-18/h3-10,13-15,23-24H,11-12H2,1-2H3. The van der Waals surface area contributed by atoms with Gasteiger partial charge in [0.05, 0.1) is 20.3 Å². The zero-order valence-corrected chi connectivity index (χ0v) is 15.6. The Hall–Kier alpha value is -2.98. The van der Waals surface area contributed by atoms with E-state index >= 15 is 0 Å². The van der Waals surface area contributed by atoms with Crippen LogP contribution in [0.4, 0.5) is 0 Å². The Kier molecular flexibility index (Phi) is 4.99. The highest BCUT2D eigenvalue weighted by Gasteiger charge is 2.24. The first-order chi connectivity index (χ1) is 13.3. The van der Waals surface area contributed by atoms with Gasteiger partial charge >= 0.3 is 0 Å². The normalized spacial score (nSPS) is 15.7. The van der Waals surface area contributed by atoms with Crippen molar-refractivity contribution in [3.8, 4) is 23.0 Å². The number of methoxy groups -OCH3 is 2. The SMILES string of the molecule is COc1cc2c(cc1OC)C(c1cccc(Oc3ccccc3)c1)NCC2. The number of hydrogen-bond acceptors (Lipinski definition) is 4. The van der Waals surface area contributed by atoms with Gasteiger partial charge < -0.3 is 19.5 Å². The summed E-state index contributed by atoms with van der Waals surface area (Å²) in [4.78, 5) is 0. The van der Waals surface area contributed by atoms with E-state index in [2.05, 4.69) is 29.6 Å². The van der Waals surface area contributed by atoms with Crippen LogP contribution in [-0.2, 0) is 6.42 Å². The number of nitrogens with one attached hydrogen (secondary N) is 1. The largest absolute Gasteiger partial charge is 0.493 e. The molecule has 0 fully saturated rings. The minimum Gasteiger partial charge on any atom is -0.493 e. The van der Waals surface area contributed by atoms with Crippen LogP contribution in [0.2, 0.25) is 0 Å². The summed E-state index contributed by atoms with van der Waals surface area (Å²) < 4.78 is 17.0. The summed E-state index contributed by atoms with van der Waals surface area (Å²) in [5.74, 6) is 3.19. The van der Waals surface area contributed by atoms with Crippen LogP contribution in [0, 0.1) is 0 Å². The van der Waals surface area contributed by atoms with Crippen molar-refractivity contribution in [2.45, 2.75) is 12.5 Å². The Morgan fingerprint density at radius 2 is 1.56 bits per heavy atom. The van der Waals surface area contributed by atoms with E-state index in [0.29, 0.717) is 0 Å². The molecule has 27 heavy (non-hydrogen) atoms. The van der Waals surface area contributed by atoms with Crippen LogP contribution in [0.3, 0.4) is 0 Å². The van der Waals surface area contributed by atoms with Crippen LogP contribution >= 0.6 is 0 Å². The quantitative estimate of drug-likeness (QED) is 0.713. The number of rotatable bonds is 5. The predicted octanol–water partition coefficient (Wildman–Crippen LogP) is 4.73. The molecule has 3 aromatic rings. The summed E-state index contributed by atoms with van der Waals surface area (Å²) in [7, 11) is 3.34. The molecule has 0 aromatic heterocycles. The average Bonchev–Trinajstić information content (AvgIpc) is 2.73. The van der Waals surface area contributed by atoms with Gasteiger partial charge in [0.25, 0.3) is 0 Å². The molecular formula is C23H23NO3. The highest BCUT2D eigenvalue weighted by atomic mass is 16.5. The minimum absolute atomic E-state index is 0.0906. The topological polar surface area (TPSA) is 39.7 Å². The summed E-state index contributed by atoms with van der Waals surface area (Å²) in [6.45, 7) is 0.914. The first kappa shape index (κ1) is 17.4. The van der Waals surface area contributed by atoms with Crippen LogP contribution in [-0.4, -0.2) is 20.8 Å². The van der Waals surface area contributed by atoms with Crippen molar-refractivity contribution in [2.75, 3.05) is 20.8 Å². The third-order valence-electron chi connectivity index (χ3n) is 4.87. The summed E-state index contributed by atoms with van der Waals surface area (Å²) >= 11 is 0. The van der Waals surface area contributed by atoms with Gasteiger partial charge in [0, 0.05) is 6.54 Å². The lowest BCUT2D eigenvalue weighted by molar-refractivity contribution is 0.353. The van der Waals surface area contributed by atoms with Crippen molar-refractivity contribution >= 4 is 0 Å². The Balaban J connectivity index is 1.68. The van der Waals surface area contributed by atoms with E-state index in [1.807, 2.05) is 42.5 Å². The maximum atomic E-state index is 6.01. The van der Waals surface area contributed by atoms with Gasteiger partial charge in [-0.2, -0.15) is 0 Å². The van der Waals surface area contributed by atoms with Gasteiger partial charge in [-0.25, -0.2) is 0 Å². The van der Waals surface area contributed by atoms with E-state index in [9.17, 15) is 0 Å². The second kappa shape index (κ2) is 7.72. The van der Waals surface area contributed by atoms with Crippen LogP contribution in [0.5, 0.6) is 23.0 Å². The lowest BCUT2D eigenvalue weighted by Crippen LogP contribution is -2.30. The molecule has 0 radical (unpaired) electrons. The maximum absolute atomic E-state index is 6.01. The number of ether oxygens (including phenoxy) is 3. The summed E-state index contributed by atoms with van der Waals surface area (Å²) in [5, 5.41) is 3.62. The molecule has 138 valence electrons. The lowest BCUT2D eigenvalue weighted by atomic mass is 9.89. The molecule has 0 aliphatic carbocycles. The Morgan fingerprint density at radius 1 is 0.815 bits per heavy atom. The van der Waals surface area contributed by atoms with Gasteiger partial charge in [0.2, 0.25) is 0 Å². The van der Waals surface area contributed by atoms with Gasteiger partial charge in [0.15, 0.2) is 11.5 Å². The molecule has 1 unspecified atom stereocenters. The van der Waals surface area contributed by atoms with Gasteiger partial charge in [-0.3, -0.25) is 0 Å². The number of para-hydroxylation sites is 1. The van der Waals surface area contributed by atoms with Gasteiger partial charge in [0.1, 0.15) is 11.5 Å². The number of benzene rings is 3. The second-order valence-electron chi connectivity index (χ2n) is 6.53. The molecule has 1 aliphatic heterocycles. The van der Waals surface area contributed by atoms with Gasteiger partial charge in [-0.15, -0.1) is 0 Å². The van der Waals surface area contributed by atoms with E-state index < -0.39 is 0 Å². The number of hydrogen-bond donors (Lipinski definition) is 1. The first-order valence-electron chi connectivity index (χ1n) is 9.09. The van der Waals surface area contributed by atoms with Crippen LogP contribution in [0.15, 0.2) is 66.7 Å². The molecule has 0 bridgehead atoms. The van der Waals surface area contributed by atoms with Gasteiger partial charge in [-0.05, 0) is 59.5 Å². The van der Waals surface area contributed by atoms with Crippen LogP contribution in [0.1, 0.15) is 22.7 Å². The minimum atomic E-state index is 0.0906. The zero-order valence-electron chi connectivity index (χ0n) is 15.6. The molecule has 0 amide bonds. The molecule has 0 saturated carbocycles. The molecule has 1 aliphatic rings. The maximum Gasteiger partial charge on any atom is 0.161 e. The molecule has 1 N–H and O–H groups in total. The molecule has 1 atom stereocenters. The molecule has 0 saturated heterocycles. The van der Waals surface area contributed by atoms with Crippen molar-refractivity contribution in [2.24, 2.45) is 0 Å². The van der Waals surface area contributed by atoms with Crippen LogP contribution < -0.4 is 19.5 Å². The zero-order chi connectivity index (χ0) is 18.6. The van der Waals surface area contributed by atoms with E-state index in [0.717, 1.165) is 41.5 Å². The summed E-state index contributed by atoms with van der Waals surface area (Å²) in [6, 6.07) is 22.3.